The van der Waals surface area contributed by atoms with Crippen molar-refractivity contribution >= 4 is 40.9 Å². The van der Waals surface area contributed by atoms with Gasteiger partial charge in [0.25, 0.3) is 11.8 Å². The largest absolute Gasteiger partial charge is 0.497 e. The van der Waals surface area contributed by atoms with Crippen molar-refractivity contribution in [3.8, 4) is 17.2 Å². The van der Waals surface area contributed by atoms with Gasteiger partial charge in [0.15, 0.2) is 16.6 Å². The number of methoxy groups -OCH3 is 2. The predicted octanol–water partition coefficient (Wildman–Crippen LogP) is 5.04. The first-order chi connectivity index (χ1) is 17.7. The van der Waals surface area contributed by atoms with Crippen LogP contribution in [-0.4, -0.2) is 31.1 Å². The smallest absolute Gasteiger partial charge is 0.270 e. The van der Waals surface area contributed by atoms with Gasteiger partial charge in [0.05, 0.1) is 19.9 Å². The highest BCUT2D eigenvalue weighted by Gasteiger charge is 2.34. The van der Waals surface area contributed by atoms with Gasteiger partial charge in [-0.2, -0.15) is 0 Å². The van der Waals surface area contributed by atoms with Crippen LogP contribution in [0.15, 0.2) is 60.2 Å². The molecule has 37 heavy (non-hydrogen) atoms. The summed E-state index contributed by atoms with van der Waals surface area (Å²) >= 11 is 5.27. The Kier molecular flexibility index (Phi) is 7.59. The van der Waals surface area contributed by atoms with Crippen molar-refractivity contribution in [2.24, 2.45) is 0 Å². The minimum Gasteiger partial charge on any atom is -0.497 e. The predicted molar refractivity (Wildman–Crippen MR) is 147 cm³/mol. The van der Waals surface area contributed by atoms with Gasteiger partial charge in [0.2, 0.25) is 0 Å². The van der Waals surface area contributed by atoms with Crippen molar-refractivity contribution in [1.29, 1.82) is 0 Å². The molecule has 0 unspecified atom stereocenters. The molecule has 0 spiro atoms. The fourth-order valence-electron chi connectivity index (χ4n) is 4.27. The van der Waals surface area contributed by atoms with E-state index in [0.717, 1.165) is 5.56 Å². The summed E-state index contributed by atoms with van der Waals surface area (Å²) in [5.74, 6) is 0.599. The quantitative estimate of drug-likeness (QED) is 0.269. The minimum absolute atomic E-state index is 0.0142. The van der Waals surface area contributed by atoms with Gasteiger partial charge in [-0.1, -0.05) is 23.8 Å². The van der Waals surface area contributed by atoms with Crippen molar-refractivity contribution in [1.82, 2.24) is 5.32 Å². The first-order valence-corrected chi connectivity index (χ1v) is 12.1. The Labute approximate surface area is 221 Å². The topological polar surface area (TPSA) is 77.1 Å². The third-order valence-corrected chi connectivity index (χ3v) is 6.43. The van der Waals surface area contributed by atoms with E-state index in [9.17, 15) is 9.59 Å². The summed E-state index contributed by atoms with van der Waals surface area (Å²) in [6, 6.07) is 16.4. The van der Waals surface area contributed by atoms with Crippen LogP contribution >= 0.6 is 12.2 Å². The summed E-state index contributed by atoms with van der Waals surface area (Å²) in [7, 11) is 3.10. The molecule has 8 heteroatoms. The van der Waals surface area contributed by atoms with E-state index in [1.165, 1.54) is 27.7 Å². The third kappa shape index (κ3) is 5.49. The second-order valence-corrected chi connectivity index (χ2v) is 9.12. The van der Waals surface area contributed by atoms with Crippen LogP contribution in [0, 0.1) is 20.8 Å². The summed E-state index contributed by atoms with van der Waals surface area (Å²) in [4.78, 5) is 27.3. The number of benzene rings is 3. The van der Waals surface area contributed by atoms with Crippen LogP contribution in [0.5, 0.6) is 17.2 Å². The number of carbonyl (C=O) groups excluding carboxylic acids is 2. The number of carbonyl (C=O) groups is 2. The zero-order valence-electron chi connectivity index (χ0n) is 21.4. The zero-order chi connectivity index (χ0) is 26.7. The number of amides is 2. The molecule has 1 N–H and O–H groups in total. The number of ether oxygens (including phenoxy) is 3. The third-order valence-electron chi connectivity index (χ3n) is 6.14. The van der Waals surface area contributed by atoms with E-state index in [0.29, 0.717) is 35.1 Å². The summed E-state index contributed by atoms with van der Waals surface area (Å²) in [6.07, 6.45) is 1.51. The Bertz CT molecular complexity index is 1390. The van der Waals surface area contributed by atoms with Crippen molar-refractivity contribution < 1.29 is 23.8 Å². The molecule has 0 aliphatic carbocycles. The lowest BCUT2D eigenvalue weighted by Crippen LogP contribution is -2.54. The number of anilines is 1. The van der Waals surface area contributed by atoms with Gasteiger partial charge in [-0.15, -0.1) is 0 Å². The van der Waals surface area contributed by atoms with E-state index in [4.69, 9.17) is 26.4 Å². The van der Waals surface area contributed by atoms with Crippen molar-refractivity contribution in [3.05, 3.63) is 88.0 Å². The molecule has 1 fully saturated rings. The van der Waals surface area contributed by atoms with Crippen molar-refractivity contribution in [3.63, 3.8) is 0 Å². The number of hydrogen-bond acceptors (Lipinski definition) is 6. The lowest BCUT2D eigenvalue weighted by molar-refractivity contribution is -0.122. The Hall–Kier alpha value is -4.17. The molecule has 1 aliphatic rings. The molecular weight excluding hydrogens is 488 g/mol. The van der Waals surface area contributed by atoms with Gasteiger partial charge in [-0.05, 0) is 97.7 Å². The van der Waals surface area contributed by atoms with Gasteiger partial charge in [0, 0.05) is 0 Å². The standard InChI is InChI=1S/C29H28N2O5S/c1-17-12-18(2)24(19(3)13-17)16-36-25-11-6-20(15-26(25)35-5)14-23-27(32)30-29(37)31(28(23)33)21-7-9-22(34-4)10-8-21/h6-15H,16H2,1-5H3,(H,30,32,37)/b23-14+. The summed E-state index contributed by atoms with van der Waals surface area (Å²) in [6.45, 7) is 6.60. The molecule has 0 saturated carbocycles. The number of aryl methyl sites for hydroxylation is 3. The molecule has 4 rings (SSSR count). The number of hydrogen-bond donors (Lipinski definition) is 1. The number of nitrogens with zero attached hydrogens (tertiary/aromatic N) is 1. The summed E-state index contributed by atoms with van der Waals surface area (Å²) in [5.41, 5.74) is 5.74. The molecule has 1 heterocycles. The van der Waals surface area contributed by atoms with Crippen molar-refractivity contribution in [2.75, 3.05) is 19.1 Å². The highest BCUT2D eigenvalue weighted by molar-refractivity contribution is 7.80. The molecular formula is C29H28N2O5S. The average molecular weight is 517 g/mol. The monoisotopic (exact) mass is 516 g/mol. The fourth-order valence-corrected chi connectivity index (χ4v) is 4.55. The first kappa shape index (κ1) is 25.9. The van der Waals surface area contributed by atoms with Crippen LogP contribution in [-0.2, 0) is 16.2 Å². The van der Waals surface area contributed by atoms with Crippen LogP contribution in [0.25, 0.3) is 6.08 Å². The Morgan fingerprint density at radius 3 is 2.19 bits per heavy atom. The molecule has 190 valence electrons. The summed E-state index contributed by atoms with van der Waals surface area (Å²) < 4.78 is 16.8. The SMILES string of the molecule is COc1ccc(N2C(=O)/C(=C/c3ccc(OCc4c(C)cc(C)cc4C)c(OC)c3)C(=O)NC2=S)cc1. The van der Waals surface area contributed by atoms with E-state index in [-0.39, 0.29) is 10.7 Å². The van der Waals surface area contributed by atoms with Gasteiger partial charge >= 0.3 is 0 Å². The lowest BCUT2D eigenvalue weighted by Gasteiger charge is -2.29. The van der Waals surface area contributed by atoms with Crippen LogP contribution in [0.3, 0.4) is 0 Å². The Morgan fingerprint density at radius 2 is 1.57 bits per heavy atom. The summed E-state index contributed by atoms with van der Waals surface area (Å²) in [5, 5.41) is 2.61. The number of nitrogens with one attached hydrogen (secondary N) is 1. The van der Waals surface area contributed by atoms with E-state index in [1.807, 2.05) is 0 Å². The van der Waals surface area contributed by atoms with Gasteiger partial charge < -0.3 is 14.2 Å². The maximum Gasteiger partial charge on any atom is 0.270 e. The van der Waals surface area contributed by atoms with Crippen molar-refractivity contribution in [2.45, 2.75) is 27.4 Å². The van der Waals surface area contributed by atoms with E-state index in [2.05, 4.69) is 38.2 Å². The van der Waals surface area contributed by atoms with Gasteiger partial charge in [0.1, 0.15) is 17.9 Å². The van der Waals surface area contributed by atoms with E-state index in [1.54, 1.807) is 56.7 Å². The van der Waals surface area contributed by atoms with E-state index < -0.39 is 11.8 Å². The molecule has 2 amide bonds. The maximum absolute atomic E-state index is 13.3. The lowest BCUT2D eigenvalue weighted by atomic mass is 10.0. The molecule has 0 radical (unpaired) electrons. The number of thiocarbonyl (C=S) groups is 1. The molecule has 1 saturated heterocycles. The average Bonchev–Trinajstić information content (AvgIpc) is 2.86. The molecule has 0 atom stereocenters. The minimum atomic E-state index is -0.565. The van der Waals surface area contributed by atoms with Gasteiger partial charge in [-0.25, -0.2) is 0 Å². The second-order valence-electron chi connectivity index (χ2n) is 8.73. The first-order valence-electron chi connectivity index (χ1n) is 11.6. The molecule has 1 aliphatic heterocycles. The molecule has 0 bridgehead atoms. The van der Waals surface area contributed by atoms with Crippen LogP contribution in [0.4, 0.5) is 5.69 Å². The van der Waals surface area contributed by atoms with E-state index >= 15 is 0 Å². The maximum atomic E-state index is 13.3. The molecule has 7 nitrogen and oxygen atoms in total. The highest BCUT2D eigenvalue weighted by atomic mass is 32.1. The van der Waals surface area contributed by atoms with Crippen LogP contribution in [0.2, 0.25) is 0 Å². The second kappa shape index (κ2) is 10.8. The normalized spacial score (nSPS) is 14.6. The molecule has 0 aromatic heterocycles. The zero-order valence-corrected chi connectivity index (χ0v) is 22.2. The Morgan fingerprint density at radius 1 is 0.892 bits per heavy atom. The molecule has 3 aromatic rings. The number of rotatable bonds is 7. The van der Waals surface area contributed by atoms with Crippen LogP contribution < -0.4 is 24.4 Å². The Balaban J connectivity index is 1.59. The molecule has 3 aromatic carbocycles. The highest BCUT2D eigenvalue weighted by Crippen LogP contribution is 2.31. The van der Waals surface area contributed by atoms with Gasteiger partial charge in [-0.3, -0.25) is 19.8 Å². The fraction of sp³-hybridized carbons (Fsp3) is 0.207. The van der Waals surface area contributed by atoms with Crippen LogP contribution in [0.1, 0.15) is 27.8 Å².